The monoisotopic (exact) mass is 159 g/mol. The fourth-order valence-corrected chi connectivity index (χ4v) is 5.25. The van der Waals surface area contributed by atoms with E-state index in [4.69, 9.17) is 5.26 Å². The zero-order valence-corrected chi connectivity index (χ0v) is 7.33. The molecule has 5 rings (SSSR count). The van der Waals surface area contributed by atoms with Crippen LogP contribution in [-0.2, 0) is 0 Å². The molecule has 1 nitrogen and oxygen atoms in total. The summed E-state index contributed by atoms with van der Waals surface area (Å²) in [5.41, 5.74) is 0.0851. The lowest BCUT2D eigenvalue weighted by Gasteiger charge is -2.26. The van der Waals surface area contributed by atoms with Crippen LogP contribution in [0.25, 0.3) is 0 Å². The summed E-state index contributed by atoms with van der Waals surface area (Å²) >= 11 is 0. The average Bonchev–Trinajstić information content (AvgIpc) is 2.48. The molecule has 0 N–H and O–H groups in total. The molecule has 0 radical (unpaired) electrons. The molecule has 0 amide bonds. The van der Waals surface area contributed by atoms with Crippen LogP contribution in [0.2, 0.25) is 0 Å². The Kier molecular flexibility index (Phi) is 0.676. The lowest BCUT2D eigenvalue weighted by atomic mass is 9.75. The second-order valence-corrected chi connectivity index (χ2v) is 5.64. The first-order valence-corrected chi connectivity index (χ1v) is 5.17. The van der Waals surface area contributed by atoms with E-state index in [1.807, 2.05) is 0 Å². The van der Waals surface area contributed by atoms with Gasteiger partial charge in [0.1, 0.15) is 0 Å². The van der Waals surface area contributed by atoms with E-state index in [9.17, 15) is 0 Å². The first-order chi connectivity index (χ1) is 5.76. The van der Waals surface area contributed by atoms with Crippen molar-refractivity contribution in [2.75, 3.05) is 0 Å². The van der Waals surface area contributed by atoms with Gasteiger partial charge in [-0.05, 0) is 55.3 Å². The number of nitriles is 1. The average molecular weight is 159 g/mol. The van der Waals surface area contributed by atoms with Gasteiger partial charge in [0.25, 0.3) is 0 Å². The number of hydrogen-bond donors (Lipinski definition) is 0. The van der Waals surface area contributed by atoms with Crippen LogP contribution < -0.4 is 0 Å². The van der Waals surface area contributed by atoms with E-state index in [1.165, 1.54) is 12.8 Å². The van der Waals surface area contributed by atoms with Gasteiger partial charge >= 0.3 is 0 Å². The highest BCUT2D eigenvalue weighted by molar-refractivity contribution is 5.30. The van der Waals surface area contributed by atoms with Gasteiger partial charge in [-0.1, -0.05) is 0 Å². The molecule has 0 aromatic heterocycles. The Morgan fingerprint density at radius 3 is 2.58 bits per heavy atom. The summed E-state index contributed by atoms with van der Waals surface area (Å²) in [5.74, 6) is 5.98. The topological polar surface area (TPSA) is 23.8 Å². The highest BCUT2D eigenvalue weighted by Gasteiger charge is 2.80. The molecule has 5 saturated carbocycles. The summed E-state index contributed by atoms with van der Waals surface area (Å²) in [4.78, 5) is 0. The molecule has 6 bridgehead atoms. The summed E-state index contributed by atoms with van der Waals surface area (Å²) in [5, 5.41) is 9.17. The van der Waals surface area contributed by atoms with Gasteiger partial charge in [0, 0.05) is 0 Å². The van der Waals surface area contributed by atoms with Crippen molar-refractivity contribution in [2.45, 2.75) is 19.8 Å². The molecule has 0 aromatic carbocycles. The normalized spacial score (nSPS) is 74.7. The maximum absolute atomic E-state index is 9.17. The molecule has 7 unspecified atom stereocenters. The van der Waals surface area contributed by atoms with Crippen LogP contribution in [0.4, 0.5) is 0 Å². The van der Waals surface area contributed by atoms with E-state index in [1.54, 1.807) is 0 Å². The van der Waals surface area contributed by atoms with Crippen molar-refractivity contribution in [3.63, 3.8) is 0 Å². The van der Waals surface area contributed by atoms with Gasteiger partial charge in [0.2, 0.25) is 0 Å². The Labute approximate surface area is 72.8 Å². The minimum Gasteiger partial charge on any atom is -0.198 e. The Morgan fingerprint density at radius 1 is 1.25 bits per heavy atom. The van der Waals surface area contributed by atoms with Gasteiger partial charge in [0.05, 0.1) is 11.5 Å². The van der Waals surface area contributed by atoms with E-state index in [-0.39, 0.29) is 5.41 Å². The fourth-order valence-electron chi connectivity index (χ4n) is 5.25. The van der Waals surface area contributed by atoms with Gasteiger partial charge in [-0.25, -0.2) is 0 Å². The molecule has 0 heterocycles. The summed E-state index contributed by atoms with van der Waals surface area (Å²) in [6, 6.07) is 2.59. The molecule has 5 aliphatic rings. The molecule has 0 spiro atoms. The van der Waals surface area contributed by atoms with Crippen LogP contribution in [0.3, 0.4) is 0 Å². The highest BCUT2D eigenvalue weighted by atomic mass is 14.8. The molecule has 7 atom stereocenters. The van der Waals surface area contributed by atoms with Crippen molar-refractivity contribution in [3.8, 4) is 6.07 Å². The van der Waals surface area contributed by atoms with E-state index in [2.05, 4.69) is 13.0 Å². The zero-order chi connectivity index (χ0) is 8.09. The highest BCUT2D eigenvalue weighted by Crippen LogP contribution is 2.84. The predicted octanol–water partition coefficient (Wildman–Crippen LogP) is 2.05. The summed E-state index contributed by atoms with van der Waals surface area (Å²) in [6.07, 6.45) is 2.72. The van der Waals surface area contributed by atoms with E-state index in [0.29, 0.717) is 0 Å². The maximum atomic E-state index is 9.17. The summed E-state index contributed by atoms with van der Waals surface area (Å²) < 4.78 is 0. The molecule has 5 aliphatic carbocycles. The van der Waals surface area contributed by atoms with Crippen molar-refractivity contribution in [3.05, 3.63) is 0 Å². The van der Waals surface area contributed by atoms with Gasteiger partial charge < -0.3 is 0 Å². The Hall–Kier alpha value is -0.510. The number of nitrogens with zero attached hydrogens (tertiary/aromatic N) is 1. The Balaban J connectivity index is 1.89. The first-order valence-electron chi connectivity index (χ1n) is 5.17. The van der Waals surface area contributed by atoms with Gasteiger partial charge in [-0.15, -0.1) is 0 Å². The Morgan fingerprint density at radius 2 is 2.08 bits per heavy atom. The SMILES string of the molecule is CC1(C#N)CC2C3CC4C2C4C31. The third kappa shape index (κ3) is 0.362. The van der Waals surface area contributed by atoms with E-state index in [0.717, 1.165) is 35.5 Å². The van der Waals surface area contributed by atoms with Crippen LogP contribution in [0, 0.1) is 52.3 Å². The molecule has 0 saturated heterocycles. The summed E-state index contributed by atoms with van der Waals surface area (Å²) in [6.45, 7) is 2.21. The minimum absolute atomic E-state index is 0.0851. The predicted molar refractivity (Wildman–Crippen MR) is 43.9 cm³/mol. The lowest BCUT2D eigenvalue weighted by molar-refractivity contribution is 0.247. The van der Waals surface area contributed by atoms with Crippen molar-refractivity contribution in [1.29, 1.82) is 5.26 Å². The van der Waals surface area contributed by atoms with Crippen LogP contribution in [0.15, 0.2) is 0 Å². The summed E-state index contributed by atoms with van der Waals surface area (Å²) in [7, 11) is 0. The molecule has 0 aliphatic heterocycles. The number of rotatable bonds is 0. The third-order valence-electron chi connectivity index (χ3n) is 5.41. The minimum atomic E-state index is 0.0851. The molecular formula is C11H13N. The maximum Gasteiger partial charge on any atom is 0.0690 e. The first kappa shape index (κ1) is 6.02. The van der Waals surface area contributed by atoms with E-state index >= 15 is 0 Å². The molecule has 1 heteroatoms. The third-order valence-corrected chi connectivity index (χ3v) is 5.41. The quantitative estimate of drug-likeness (QED) is 0.530. The molecule has 5 fully saturated rings. The second kappa shape index (κ2) is 1.35. The molecule has 62 valence electrons. The smallest absolute Gasteiger partial charge is 0.0690 e. The Bertz CT molecular complexity index is 315. The molecule has 0 aromatic rings. The lowest BCUT2D eigenvalue weighted by Crippen LogP contribution is -2.24. The van der Waals surface area contributed by atoms with Crippen LogP contribution in [-0.4, -0.2) is 0 Å². The zero-order valence-electron chi connectivity index (χ0n) is 7.33. The van der Waals surface area contributed by atoms with Crippen LogP contribution in [0.1, 0.15) is 19.8 Å². The van der Waals surface area contributed by atoms with Gasteiger partial charge in [0.15, 0.2) is 0 Å². The largest absolute Gasteiger partial charge is 0.198 e. The number of hydrogen-bond acceptors (Lipinski definition) is 1. The van der Waals surface area contributed by atoms with Gasteiger partial charge in [-0.3, -0.25) is 0 Å². The fraction of sp³-hybridized carbons (Fsp3) is 0.909. The van der Waals surface area contributed by atoms with Gasteiger partial charge in [-0.2, -0.15) is 5.26 Å². The van der Waals surface area contributed by atoms with E-state index < -0.39 is 0 Å². The van der Waals surface area contributed by atoms with Crippen molar-refractivity contribution in [2.24, 2.45) is 40.9 Å². The van der Waals surface area contributed by atoms with Crippen LogP contribution in [0.5, 0.6) is 0 Å². The molecule has 12 heavy (non-hydrogen) atoms. The van der Waals surface area contributed by atoms with Crippen molar-refractivity contribution < 1.29 is 0 Å². The standard InChI is InChI=1S/C11H13N/c1-11(4-12)3-7-5-2-6-8(7)9(6)10(5)11/h5-10H,2-3H2,1H3. The van der Waals surface area contributed by atoms with Crippen molar-refractivity contribution >= 4 is 0 Å². The van der Waals surface area contributed by atoms with Crippen molar-refractivity contribution in [1.82, 2.24) is 0 Å². The second-order valence-electron chi connectivity index (χ2n) is 5.64. The van der Waals surface area contributed by atoms with Crippen LogP contribution >= 0.6 is 0 Å². The molecular weight excluding hydrogens is 146 g/mol.